The predicted molar refractivity (Wildman–Crippen MR) is 197 cm³/mol. The molecule has 0 radical (unpaired) electrons. The molecule has 0 fully saturated rings. The zero-order valence-electron chi connectivity index (χ0n) is 25.1. The maximum Gasteiger partial charge on any atom is -0.147 e. The van der Waals surface area contributed by atoms with Crippen molar-refractivity contribution in [1.82, 2.24) is 0 Å². The van der Waals surface area contributed by atoms with Crippen molar-refractivity contribution in [1.29, 1.82) is 0 Å². The fraction of sp³-hybridized carbons (Fsp3) is 0.100. The first-order valence-electron chi connectivity index (χ1n) is 15.1. The summed E-state index contributed by atoms with van der Waals surface area (Å²) in [5.74, 6) is 0. The number of fused-ring (bicyclic) bond motifs is 6. The molecule has 0 atom stereocenters. The maximum absolute atomic E-state index is 4.89. The minimum atomic E-state index is -4.89. The van der Waals surface area contributed by atoms with Gasteiger partial charge in [0.05, 0.1) is 0 Å². The summed E-state index contributed by atoms with van der Waals surface area (Å²) in [6, 6.07) is 47.0. The van der Waals surface area contributed by atoms with E-state index in [1.54, 1.807) is 6.64 Å². The van der Waals surface area contributed by atoms with Crippen LogP contribution in [0.3, 0.4) is 0 Å². The van der Waals surface area contributed by atoms with E-state index in [4.69, 9.17) is 0 Å². The smallest absolute Gasteiger partial charge is 0.147 e. The van der Waals surface area contributed by atoms with Crippen LogP contribution in [0.4, 0.5) is 0 Å². The average Bonchev–Trinajstić information content (AvgIpc) is 3.62. The van der Waals surface area contributed by atoms with Gasteiger partial charge in [0.25, 0.3) is 0 Å². The van der Waals surface area contributed by atoms with Crippen LogP contribution in [0.15, 0.2) is 132 Å². The zero-order chi connectivity index (χ0) is 28.5. The molecule has 6 aromatic rings. The Morgan fingerprint density at radius 3 is 1.20 bits per heavy atom. The van der Waals surface area contributed by atoms with Crippen LogP contribution < -0.4 is 13.3 Å². The second-order valence-corrected chi connectivity index (χ2v) is 42.7. The molecule has 0 heterocycles. The van der Waals surface area contributed by atoms with Crippen LogP contribution >= 0.6 is 24.8 Å². The molecule has 6 aromatic carbocycles. The summed E-state index contributed by atoms with van der Waals surface area (Å²) in [5, 5.41) is 5.68. The van der Waals surface area contributed by atoms with Gasteiger partial charge in [-0.2, -0.15) is 0 Å². The van der Waals surface area contributed by atoms with Gasteiger partial charge in [0, 0.05) is 0 Å². The molecule has 2 aliphatic rings. The Labute approximate surface area is 275 Å². The fourth-order valence-electron chi connectivity index (χ4n) is 8.22. The summed E-state index contributed by atoms with van der Waals surface area (Å²) in [5.41, 5.74) is 8.68. The molecule has 0 amide bonds. The normalized spacial score (nSPS) is 13.9. The van der Waals surface area contributed by atoms with Gasteiger partial charge in [-0.15, -0.1) is 24.8 Å². The quantitative estimate of drug-likeness (QED) is 0.162. The van der Waals surface area contributed by atoms with E-state index in [0.29, 0.717) is 0 Å². The number of benzene rings is 6. The molecule has 0 saturated heterocycles. The van der Waals surface area contributed by atoms with E-state index in [9.17, 15) is 0 Å². The van der Waals surface area contributed by atoms with Crippen LogP contribution in [0.25, 0.3) is 33.7 Å². The van der Waals surface area contributed by atoms with Gasteiger partial charge in [-0.05, 0) is 0 Å². The van der Waals surface area contributed by atoms with Crippen LogP contribution in [-0.2, 0) is 30.0 Å². The van der Waals surface area contributed by atoms with Crippen molar-refractivity contribution in [3.05, 3.63) is 155 Å². The summed E-state index contributed by atoms with van der Waals surface area (Å²) >= 11 is -4.89. The van der Waals surface area contributed by atoms with E-state index in [1.807, 2.05) is 0 Å². The molecular formula is C40H36Cl2HfSi. The van der Waals surface area contributed by atoms with Gasteiger partial charge in [0.2, 0.25) is 0 Å². The van der Waals surface area contributed by atoms with Crippen molar-refractivity contribution in [2.24, 2.45) is 0 Å². The SMILES string of the molecule is CC1=Cc2c[c]([Hf](=[SiH2])([c]3ccccc3)([c]3ccccc3)[c]3cc4c(c5ccccc35)CC(C)=C4)c3ccccc3c2C1.Cl.Cl. The van der Waals surface area contributed by atoms with Gasteiger partial charge in [-0.25, -0.2) is 0 Å². The van der Waals surface area contributed by atoms with Crippen LogP contribution in [0.1, 0.15) is 36.1 Å². The molecule has 0 N–H and O–H groups in total. The van der Waals surface area contributed by atoms with Crippen LogP contribution in [0.2, 0.25) is 0 Å². The van der Waals surface area contributed by atoms with E-state index >= 15 is 0 Å². The van der Waals surface area contributed by atoms with Crippen molar-refractivity contribution < 1.29 is 17.1 Å². The predicted octanol–water partition coefficient (Wildman–Crippen LogP) is 7.59. The van der Waals surface area contributed by atoms with E-state index in [1.165, 1.54) is 61.6 Å². The zero-order valence-corrected chi connectivity index (χ0v) is 31.8. The molecule has 0 nitrogen and oxygen atoms in total. The second kappa shape index (κ2) is 11.4. The van der Waals surface area contributed by atoms with Gasteiger partial charge in [0.1, 0.15) is 0 Å². The van der Waals surface area contributed by atoms with Gasteiger partial charge in [-0.1, -0.05) is 0 Å². The molecule has 0 aromatic heterocycles. The van der Waals surface area contributed by atoms with Crippen LogP contribution in [0, 0.1) is 0 Å². The number of hydrogen-bond acceptors (Lipinski definition) is 0. The van der Waals surface area contributed by atoms with E-state index in [-0.39, 0.29) is 24.8 Å². The molecule has 0 aliphatic heterocycles. The first-order chi connectivity index (χ1) is 20.5. The van der Waals surface area contributed by atoms with E-state index in [0.717, 1.165) is 12.8 Å². The molecule has 44 heavy (non-hydrogen) atoms. The third kappa shape index (κ3) is 4.25. The Hall–Kier alpha value is -3.01. The molecular weight excluding hydrogens is 758 g/mol. The molecule has 2 aliphatic carbocycles. The van der Waals surface area contributed by atoms with Gasteiger partial charge in [0.15, 0.2) is 0 Å². The Bertz CT molecular complexity index is 2050. The molecule has 4 heteroatoms. The maximum atomic E-state index is 2.62. The van der Waals surface area contributed by atoms with Crippen molar-refractivity contribution in [3.63, 3.8) is 0 Å². The van der Waals surface area contributed by atoms with Crippen molar-refractivity contribution in [3.8, 4) is 0 Å². The Balaban J connectivity index is 0.00000171. The standard InChI is InChI=1S/2C14H11.2C6H5.2ClH.Hf.H2Si/c2*1-10-8-12-7-6-11-4-2-3-5-13(11)14(12)9-10;2*1-2-4-6-5-3-1;;;;/h2*2-5,7-8H,9H2,1H3;2*1-5H;2*1H;;1H2. The summed E-state index contributed by atoms with van der Waals surface area (Å²) in [6.07, 6.45) is 6.96. The Morgan fingerprint density at radius 2 is 0.818 bits per heavy atom. The van der Waals surface area contributed by atoms with Gasteiger partial charge in [-0.3, -0.25) is 0 Å². The molecule has 0 unspecified atom stereocenters. The summed E-state index contributed by atoms with van der Waals surface area (Å²) in [6.45, 7) is 6.96. The minimum Gasteiger partial charge on any atom is -0.147 e. The summed E-state index contributed by atoms with van der Waals surface area (Å²) in [7, 11) is 0. The van der Waals surface area contributed by atoms with Crippen molar-refractivity contribution in [2.75, 3.05) is 0 Å². The summed E-state index contributed by atoms with van der Waals surface area (Å²) < 4.78 is 6.14. The number of rotatable bonds is 4. The first kappa shape index (κ1) is 31.0. The third-order valence-electron chi connectivity index (χ3n) is 10.1. The fourth-order valence-corrected chi connectivity index (χ4v) is 39.5. The van der Waals surface area contributed by atoms with E-state index < -0.39 is 17.1 Å². The number of hydrogen-bond donors (Lipinski definition) is 0. The average molecular weight is 794 g/mol. The van der Waals surface area contributed by atoms with Crippen LogP contribution in [0.5, 0.6) is 0 Å². The third-order valence-corrected chi connectivity index (χ3v) is 46.1. The second-order valence-electron chi connectivity index (χ2n) is 12.6. The molecule has 0 saturated carbocycles. The van der Waals surface area contributed by atoms with Gasteiger partial charge < -0.3 is 0 Å². The monoisotopic (exact) mass is 794 g/mol. The Kier molecular flexibility index (Phi) is 8.04. The first-order valence-corrected chi connectivity index (χ1v) is 30.6. The van der Waals surface area contributed by atoms with Crippen molar-refractivity contribution in [2.45, 2.75) is 26.7 Å². The Morgan fingerprint density at radius 1 is 0.477 bits per heavy atom. The number of allylic oxidation sites excluding steroid dienone is 2. The largest absolute Gasteiger partial charge is 0.147 e. The van der Waals surface area contributed by atoms with Gasteiger partial charge >= 0.3 is 252 Å². The van der Waals surface area contributed by atoms with Crippen LogP contribution in [-0.4, -0.2) is 6.94 Å². The molecule has 0 spiro atoms. The number of halogens is 2. The summed E-state index contributed by atoms with van der Waals surface area (Å²) in [4.78, 5) is 0. The minimum absolute atomic E-state index is 0. The molecule has 0 bridgehead atoms. The van der Waals surface area contributed by atoms with E-state index in [2.05, 4.69) is 154 Å². The van der Waals surface area contributed by atoms with Crippen molar-refractivity contribution >= 4 is 78.7 Å². The topological polar surface area (TPSA) is 0 Å². The molecule has 218 valence electrons. The molecule has 8 rings (SSSR count).